The molecular weight excluding hydrogens is 297 g/mol. The van der Waals surface area contributed by atoms with Gasteiger partial charge in [0.25, 0.3) is 5.91 Å². The van der Waals surface area contributed by atoms with Gasteiger partial charge in [-0.3, -0.25) is 4.79 Å². The molecule has 0 radical (unpaired) electrons. The fraction of sp³-hybridized carbons (Fsp3) is 0.429. The van der Waals surface area contributed by atoms with Crippen molar-refractivity contribution in [2.24, 2.45) is 0 Å². The molecule has 0 saturated heterocycles. The van der Waals surface area contributed by atoms with Crippen LogP contribution in [0.1, 0.15) is 13.3 Å². The molecule has 0 spiro atoms. The molecule has 0 aliphatic rings. The minimum Gasteiger partial charge on any atom is -0.480 e. The average Bonchev–Trinajstić information content (AvgIpc) is 2.45. The lowest BCUT2D eigenvalue weighted by atomic mass is 10.2. The first-order valence-electron chi connectivity index (χ1n) is 6.39. The Balaban J connectivity index is 2.61. The van der Waals surface area contributed by atoms with Gasteiger partial charge in [-0.2, -0.15) is 11.8 Å². The molecule has 2 atom stereocenters. The number of carbonyl (C=O) groups excluding carboxylic acids is 1. The van der Waals surface area contributed by atoms with Gasteiger partial charge in [0.05, 0.1) is 0 Å². The second-order valence-electron chi connectivity index (χ2n) is 4.37. The number of carbonyl (C=O) groups is 2. The molecule has 0 aromatic heterocycles. The Hall–Kier alpha value is -1.76. The van der Waals surface area contributed by atoms with Crippen LogP contribution in [0.25, 0.3) is 0 Å². The maximum absolute atomic E-state index is 13.4. The third-order valence-corrected chi connectivity index (χ3v) is 3.38. The van der Waals surface area contributed by atoms with Gasteiger partial charge in [0, 0.05) is 0 Å². The number of rotatable bonds is 8. The number of carboxylic acids is 1. The Labute approximate surface area is 126 Å². The fourth-order valence-corrected chi connectivity index (χ4v) is 2.04. The first kappa shape index (κ1) is 17.3. The minimum absolute atomic E-state index is 0.0452. The smallest absolute Gasteiger partial charge is 0.326 e. The van der Waals surface area contributed by atoms with Crippen molar-refractivity contribution in [3.05, 3.63) is 30.1 Å². The van der Waals surface area contributed by atoms with Crippen LogP contribution < -0.4 is 10.1 Å². The summed E-state index contributed by atoms with van der Waals surface area (Å²) in [5.41, 5.74) is 0. The molecule has 1 aromatic carbocycles. The Morgan fingerprint density at radius 3 is 2.67 bits per heavy atom. The van der Waals surface area contributed by atoms with Crippen molar-refractivity contribution in [2.45, 2.75) is 25.5 Å². The van der Waals surface area contributed by atoms with Gasteiger partial charge in [0.1, 0.15) is 6.04 Å². The lowest BCUT2D eigenvalue weighted by molar-refractivity contribution is -0.143. The number of benzene rings is 1. The largest absolute Gasteiger partial charge is 0.480 e. The average molecular weight is 315 g/mol. The summed E-state index contributed by atoms with van der Waals surface area (Å²) in [5, 5.41) is 11.4. The fourth-order valence-electron chi connectivity index (χ4n) is 1.57. The highest BCUT2D eigenvalue weighted by atomic mass is 32.2. The SMILES string of the molecule is CSCCC(NC(=O)C(C)Oc1ccccc1F)C(=O)O. The van der Waals surface area contributed by atoms with Crippen LogP contribution in [0, 0.1) is 5.82 Å². The molecule has 0 saturated carbocycles. The van der Waals surface area contributed by atoms with Crippen LogP contribution in [-0.2, 0) is 9.59 Å². The molecule has 0 aliphatic carbocycles. The van der Waals surface area contributed by atoms with E-state index >= 15 is 0 Å². The van der Waals surface area contributed by atoms with Gasteiger partial charge in [-0.05, 0) is 37.5 Å². The molecule has 21 heavy (non-hydrogen) atoms. The summed E-state index contributed by atoms with van der Waals surface area (Å²) in [4.78, 5) is 23.0. The highest BCUT2D eigenvalue weighted by Crippen LogP contribution is 2.17. The summed E-state index contributed by atoms with van der Waals surface area (Å²) >= 11 is 1.49. The number of hydrogen-bond donors (Lipinski definition) is 2. The number of ether oxygens (including phenoxy) is 1. The van der Waals surface area contributed by atoms with Crippen molar-refractivity contribution in [2.75, 3.05) is 12.0 Å². The van der Waals surface area contributed by atoms with Crippen molar-refractivity contribution in [3.8, 4) is 5.75 Å². The predicted octanol–water partition coefficient (Wildman–Crippen LogP) is 1.92. The third kappa shape index (κ3) is 5.63. The van der Waals surface area contributed by atoms with Gasteiger partial charge in [0.2, 0.25) is 0 Å². The second kappa shape index (κ2) is 8.51. The Morgan fingerprint density at radius 1 is 1.43 bits per heavy atom. The number of thioether (sulfide) groups is 1. The second-order valence-corrected chi connectivity index (χ2v) is 5.36. The van der Waals surface area contributed by atoms with Crippen LogP contribution in [0.5, 0.6) is 5.75 Å². The maximum atomic E-state index is 13.4. The van der Waals surface area contributed by atoms with Crippen LogP contribution in [0.3, 0.4) is 0 Å². The van der Waals surface area contributed by atoms with Crippen LogP contribution in [0.15, 0.2) is 24.3 Å². The van der Waals surface area contributed by atoms with E-state index in [1.807, 2.05) is 6.26 Å². The highest BCUT2D eigenvalue weighted by molar-refractivity contribution is 7.98. The first-order valence-corrected chi connectivity index (χ1v) is 7.78. The van der Waals surface area contributed by atoms with Crippen molar-refractivity contribution in [1.82, 2.24) is 5.32 Å². The molecule has 1 amide bonds. The quantitative estimate of drug-likeness (QED) is 0.766. The van der Waals surface area contributed by atoms with Gasteiger partial charge in [0.15, 0.2) is 17.7 Å². The molecule has 2 N–H and O–H groups in total. The summed E-state index contributed by atoms with van der Waals surface area (Å²) in [6.45, 7) is 1.44. The number of nitrogens with one attached hydrogen (secondary N) is 1. The van der Waals surface area contributed by atoms with Gasteiger partial charge in [-0.1, -0.05) is 12.1 Å². The summed E-state index contributed by atoms with van der Waals surface area (Å²) < 4.78 is 18.6. The van der Waals surface area contributed by atoms with E-state index in [1.165, 1.54) is 36.9 Å². The van der Waals surface area contributed by atoms with Gasteiger partial charge in [-0.15, -0.1) is 0 Å². The Kier molecular flexibility index (Phi) is 7.01. The first-order chi connectivity index (χ1) is 9.95. The molecule has 7 heteroatoms. The monoisotopic (exact) mass is 315 g/mol. The van der Waals surface area contributed by atoms with E-state index in [0.29, 0.717) is 12.2 Å². The van der Waals surface area contributed by atoms with E-state index < -0.39 is 29.8 Å². The van der Waals surface area contributed by atoms with Crippen molar-refractivity contribution in [3.63, 3.8) is 0 Å². The van der Waals surface area contributed by atoms with E-state index in [9.17, 15) is 14.0 Å². The zero-order valence-corrected chi connectivity index (χ0v) is 12.7. The number of aliphatic carboxylic acids is 1. The van der Waals surface area contributed by atoms with E-state index in [1.54, 1.807) is 6.07 Å². The van der Waals surface area contributed by atoms with Crippen LogP contribution in [0.2, 0.25) is 0 Å². The lowest BCUT2D eigenvalue weighted by Gasteiger charge is -2.18. The number of para-hydroxylation sites is 1. The number of hydrogen-bond acceptors (Lipinski definition) is 4. The Bertz CT molecular complexity index is 498. The molecule has 116 valence electrons. The Morgan fingerprint density at radius 2 is 2.10 bits per heavy atom. The molecule has 1 aromatic rings. The molecule has 0 fully saturated rings. The molecule has 1 rings (SSSR count). The number of carboxylic acid groups (broad SMARTS) is 1. The van der Waals surface area contributed by atoms with Crippen molar-refractivity contribution < 1.29 is 23.8 Å². The molecule has 0 aliphatic heterocycles. The molecule has 5 nitrogen and oxygen atoms in total. The number of halogens is 1. The van der Waals surface area contributed by atoms with Crippen molar-refractivity contribution in [1.29, 1.82) is 0 Å². The summed E-state index contributed by atoms with van der Waals surface area (Å²) in [6.07, 6.45) is 1.18. The van der Waals surface area contributed by atoms with E-state index in [-0.39, 0.29) is 5.75 Å². The standard InChI is InChI=1S/C14H18FNO4S/c1-9(20-12-6-4-3-5-10(12)15)13(17)16-11(14(18)19)7-8-21-2/h3-6,9,11H,7-8H2,1-2H3,(H,16,17)(H,18,19). The molecular formula is C14H18FNO4S. The van der Waals surface area contributed by atoms with Gasteiger partial charge in [-0.25, -0.2) is 9.18 Å². The zero-order chi connectivity index (χ0) is 15.8. The minimum atomic E-state index is -1.10. The zero-order valence-electron chi connectivity index (χ0n) is 11.8. The molecule has 2 unspecified atom stereocenters. The van der Waals surface area contributed by atoms with Gasteiger partial charge < -0.3 is 15.2 Å². The summed E-state index contributed by atoms with van der Waals surface area (Å²) in [5.74, 6) is -1.70. The van der Waals surface area contributed by atoms with E-state index in [0.717, 1.165) is 0 Å². The maximum Gasteiger partial charge on any atom is 0.326 e. The summed E-state index contributed by atoms with van der Waals surface area (Å²) in [6, 6.07) is 4.74. The predicted molar refractivity (Wildman–Crippen MR) is 79.1 cm³/mol. The molecule has 0 bridgehead atoms. The van der Waals surface area contributed by atoms with Gasteiger partial charge >= 0.3 is 5.97 Å². The topological polar surface area (TPSA) is 75.6 Å². The van der Waals surface area contributed by atoms with E-state index in [2.05, 4.69) is 5.32 Å². The van der Waals surface area contributed by atoms with Crippen LogP contribution >= 0.6 is 11.8 Å². The summed E-state index contributed by atoms with van der Waals surface area (Å²) in [7, 11) is 0. The molecule has 0 heterocycles. The van der Waals surface area contributed by atoms with Crippen LogP contribution in [0.4, 0.5) is 4.39 Å². The number of amides is 1. The normalized spacial score (nSPS) is 13.3. The third-order valence-electron chi connectivity index (χ3n) is 2.73. The lowest BCUT2D eigenvalue weighted by Crippen LogP contribution is -2.46. The van der Waals surface area contributed by atoms with Crippen LogP contribution in [-0.4, -0.2) is 41.1 Å². The van der Waals surface area contributed by atoms with Crippen molar-refractivity contribution >= 4 is 23.6 Å². The highest BCUT2D eigenvalue weighted by Gasteiger charge is 2.24. The van der Waals surface area contributed by atoms with E-state index in [4.69, 9.17) is 9.84 Å².